The number of ether oxygens (including phenoxy) is 1. The zero-order valence-electron chi connectivity index (χ0n) is 16.4. The Morgan fingerprint density at radius 3 is 2.47 bits per heavy atom. The molecule has 0 saturated carbocycles. The lowest BCUT2D eigenvalue weighted by Crippen LogP contribution is -1.96. The molecule has 0 fully saturated rings. The van der Waals surface area contributed by atoms with Gasteiger partial charge in [-0.25, -0.2) is 4.98 Å². The molecule has 1 heterocycles. The molecule has 1 aromatic heterocycles. The summed E-state index contributed by atoms with van der Waals surface area (Å²) < 4.78 is 6.02. The maximum atomic E-state index is 9.11. The minimum Gasteiger partial charge on any atom is -0.439 e. The molecule has 4 nitrogen and oxygen atoms in total. The number of aryl methyl sites for hydroxylation is 1. The van der Waals surface area contributed by atoms with Crippen LogP contribution < -0.4 is 4.74 Å². The third-order valence-corrected chi connectivity index (χ3v) is 5.34. The summed E-state index contributed by atoms with van der Waals surface area (Å²) >= 11 is 1.52. The molecule has 0 spiro atoms. The van der Waals surface area contributed by atoms with Crippen molar-refractivity contribution in [1.29, 1.82) is 5.26 Å². The van der Waals surface area contributed by atoms with Gasteiger partial charge in [-0.05, 0) is 36.8 Å². The minimum absolute atomic E-state index is 0.501. The van der Waals surface area contributed by atoms with Gasteiger partial charge in [0.2, 0.25) is 5.88 Å². The van der Waals surface area contributed by atoms with Gasteiger partial charge in [0.1, 0.15) is 5.75 Å². The Balaban J connectivity index is 1.62. The zero-order valence-corrected chi connectivity index (χ0v) is 17.3. The van der Waals surface area contributed by atoms with Crippen LogP contribution in [0.2, 0.25) is 0 Å². The zero-order chi connectivity index (χ0) is 20.8. The van der Waals surface area contributed by atoms with Crippen LogP contribution in [0.1, 0.15) is 16.7 Å². The quantitative estimate of drug-likeness (QED) is 0.272. The predicted molar refractivity (Wildman–Crippen MR) is 119 cm³/mol. The Labute approximate surface area is 180 Å². The summed E-state index contributed by atoms with van der Waals surface area (Å²) in [6, 6.07) is 29.5. The van der Waals surface area contributed by atoms with Crippen LogP contribution in [0.5, 0.6) is 11.6 Å². The summed E-state index contributed by atoms with van der Waals surface area (Å²) in [5.74, 6) is 1.90. The van der Waals surface area contributed by atoms with Gasteiger partial charge in [0.05, 0.1) is 17.3 Å². The second kappa shape index (κ2) is 9.25. The molecule has 3 aromatic carbocycles. The molecule has 5 heteroatoms. The first kappa shape index (κ1) is 19.7. The molecule has 30 heavy (non-hydrogen) atoms. The van der Waals surface area contributed by atoms with Crippen LogP contribution in [0.15, 0.2) is 90.1 Å². The number of benzene rings is 3. The van der Waals surface area contributed by atoms with E-state index < -0.39 is 0 Å². The summed E-state index contributed by atoms with van der Waals surface area (Å²) in [6.45, 7) is 2.04. The van der Waals surface area contributed by atoms with Gasteiger partial charge in [-0.3, -0.25) is 0 Å². The first-order valence-electron chi connectivity index (χ1n) is 9.50. The average molecular weight is 410 g/mol. The van der Waals surface area contributed by atoms with Gasteiger partial charge >= 0.3 is 0 Å². The van der Waals surface area contributed by atoms with Crippen molar-refractivity contribution in [2.45, 2.75) is 17.8 Å². The van der Waals surface area contributed by atoms with E-state index in [-0.39, 0.29) is 0 Å². The van der Waals surface area contributed by atoms with Gasteiger partial charge in [-0.2, -0.15) is 10.2 Å². The van der Waals surface area contributed by atoms with Crippen molar-refractivity contribution in [2.75, 3.05) is 0 Å². The van der Waals surface area contributed by atoms with Gasteiger partial charge in [-0.15, -0.1) is 0 Å². The Hall–Kier alpha value is -3.62. The lowest BCUT2D eigenvalue weighted by molar-refractivity contribution is 0.456. The van der Waals surface area contributed by atoms with Crippen molar-refractivity contribution in [2.24, 2.45) is 0 Å². The fraction of sp³-hybridized carbons (Fsp3) is 0.0800. The van der Waals surface area contributed by atoms with E-state index >= 15 is 0 Å². The molecular weight excluding hydrogens is 390 g/mol. The molecule has 0 aliphatic heterocycles. The molecule has 4 aromatic rings. The third-order valence-electron chi connectivity index (χ3n) is 4.42. The Kier molecular flexibility index (Phi) is 6.07. The van der Waals surface area contributed by atoms with Crippen molar-refractivity contribution in [3.63, 3.8) is 0 Å². The lowest BCUT2D eigenvalue weighted by Gasteiger charge is -2.10. The average Bonchev–Trinajstić information content (AvgIpc) is 2.80. The minimum atomic E-state index is 0.501. The highest BCUT2D eigenvalue weighted by atomic mass is 32.2. The van der Waals surface area contributed by atoms with Crippen LogP contribution in [0.25, 0.3) is 11.3 Å². The van der Waals surface area contributed by atoms with Crippen molar-refractivity contribution >= 4 is 11.8 Å². The van der Waals surface area contributed by atoms with Crippen LogP contribution in [0.4, 0.5) is 0 Å². The van der Waals surface area contributed by atoms with E-state index in [0.29, 0.717) is 22.4 Å². The van der Waals surface area contributed by atoms with Crippen LogP contribution >= 0.6 is 11.8 Å². The highest BCUT2D eigenvalue weighted by Crippen LogP contribution is 2.29. The number of hydrogen-bond donors (Lipinski definition) is 0. The van der Waals surface area contributed by atoms with Crippen LogP contribution in [-0.2, 0) is 5.75 Å². The highest BCUT2D eigenvalue weighted by molar-refractivity contribution is 7.98. The maximum absolute atomic E-state index is 9.11. The topological polar surface area (TPSA) is 58.8 Å². The molecule has 4 rings (SSSR count). The highest BCUT2D eigenvalue weighted by Gasteiger charge is 2.10. The Morgan fingerprint density at radius 2 is 1.70 bits per heavy atom. The molecule has 0 aliphatic rings. The first-order valence-corrected chi connectivity index (χ1v) is 10.5. The van der Waals surface area contributed by atoms with E-state index in [1.54, 1.807) is 6.07 Å². The van der Waals surface area contributed by atoms with Gasteiger partial charge in [-0.1, -0.05) is 71.9 Å². The van der Waals surface area contributed by atoms with Crippen LogP contribution in [-0.4, -0.2) is 9.97 Å². The van der Waals surface area contributed by atoms with E-state index in [1.165, 1.54) is 17.3 Å². The van der Waals surface area contributed by atoms with Gasteiger partial charge in [0.25, 0.3) is 0 Å². The first-order chi connectivity index (χ1) is 14.7. The summed E-state index contributed by atoms with van der Waals surface area (Å²) in [5, 5.41) is 9.73. The van der Waals surface area contributed by atoms with Crippen molar-refractivity contribution in [1.82, 2.24) is 9.97 Å². The van der Waals surface area contributed by atoms with Gasteiger partial charge < -0.3 is 4.74 Å². The molecule has 0 atom stereocenters. The second-order valence-electron chi connectivity index (χ2n) is 6.76. The van der Waals surface area contributed by atoms with E-state index in [4.69, 9.17) is 15.0 Å². The summed E-state index contributed by atoms with van der Waals surface area (Å²) in [6.07, 6.45) is 0. The fourth-order valence-corrected chi connectivity index (χ4v) is 3.68. The molecule has 0 aliphatic carbocycles. The fourth-order valence-electron chi connectivity index (χ4n) is 2.88. The molecule has 0 unspecified atom stereocenters. The monoisotopic (exact) mass is 409 g/mol. The lowest BCUT2D eigenvalue weighted by atomic mass is 10.1. The normalized spacial score (nSPS) is 10.4. The van der Waals surface area contributed by atoms with Gasteiger partial charge in [0, 0.05) is 17.4 Å². The van der Waals surface area contributed by atoms with Crippen LogP contribution in [0.3, 0.4) is 0 Å². The molecule has 0 radical (unpaired) electrons. The number of rotatable bonds is 6. The number of aromatic nitrogens is 2. The van der Waals surface area contributed by atoms with Crippen molar-refractivity contribution in [3.8, 4) is 29.0 Å². The molecule has 0 saturated heterocycles. The standard InChI is InChI=1S/C25H19N3OS/c1-18-10-12-22(13-11-18)29-24-15-23(21-8-3-2-4-9-21)27-25(28-24)30-17-20-7-5-6-19(14-20)16-26/h2-15H,17H2,1H3. The number of thioether (sulfide) groups is 1. The van der Waals surface area contributed by atoms with Crippen molar-refractivity contribution < 1.29 is 4.74 Å². The van der Waals surface area contributed by atoms with Crippen LogP contribution in [0, 0.1) is 18.3 Å². The predicted octanol–water partition coefficient (Wildman–Crippen LogP) is 6.41. The van der Waals surface area contributed by atoms with Crippen molar-refractivity contribution in [3.05, 3.63) is 102 Å². The number of hydrogen-bond acceptors (Lipinski definition) is 5. The maximum Gasteiger partial charge on any atom is 0.223 e. The molecule has 0 bridgehead atoms. The Bertz CT molecular complexity index is 1190. The van der Waals surface area contributed by atoms with Gasteiger partial charge in [0.15, 0.2) is 5.16 Å². The second-order valence-corrected chi connectivity index (χ2v) is 7.70. The summed E-state index contributed by atoms with van der Waals surface area (Å²) in [4.78, 5) is 9.32. The number of nitriles is 1. The molecule has 0 amide bonds. The summed E-state index contributed by atoms with van der Waals surface area (Å²) in [7, 11) is 0. The number of nitrogens with zero attached hydrogens (tertiary/aromatic N) is 3. The van der Waals surface area contributed by atoms with E-state index in [9.17, 15) is 0 Å². The summed E-state index contributed by atoms with van der Waals surface area (Å²) in [5.41, 5.74) is 4.68. The molecular formula is C25H19N3OS. The van der Waals surface area contributed by atoms with E-state index in [0.717, 1.165) is 22.6 Å². The molecule has 0 N–H and O–H groups in total. The largest absolute Gasteiger partial charge is 0.439 e. The van der Waals surface area contributed by atoms with E-state index in [1.807, 2.05) is 85.8 Å². The third kappa shape index (κ3) is 5.05. The van der Waals surface area contributed by atoms with E-state index in [2.05, 4.69) is 11.1 Å². The molecule has 146 valence electrons. The Morgan fingerprint density at radius 1 is 0.900 bits per heavy atom. The SMILES string of the molecule is Cc1ccc(Oc2cc(-c3ccccc3)nc(SCc3cccc(C#N)c3)n2)cc1. The smallest absolute Gasteiger partial charge is 0.223 e.